The zero-order valence-electron chi connectivity index (χ0n) is 27.2. The maximum absolute atomic E-state index is 13.9. The zero-order valence-corrected chi connectivity index (χ0v) is 27.2. The van der Waals surface area contributed by atoms with E-state index < -0.39 is 65.2 Å². The van der Waals surface area contributed by atoms with Crippen molar-refractivity contribution in [1.29, 1.82) is 0 Å². The topological polar surface area (TPSA) is 188 Å². The number of fused-ring (bicyclic) bond motifs is 1. The molecule has 1 saturated heterocycles. The number of amides is 3. The van der Waals surface area contributed by atoms with Gasteiger partial charge in [0.05, 0.1) is 11.0 Å². The van der Waals surface area contributed by atoms with Gasteiger partial charge in [-0.1, -0.05) is 35.4 Å². The number of anilines is 1. The van der Waals surface area contributed by atoms with E-state index in [1.165, 1.54) is 50.4 Å². The van der Waals surface area contributed by atoms with Crippen molar-refractivity contribution in [3.63, 3.8) is 0 Å². The Labute approximate surface area is 275 Å². The van der Waals surface area contributed by atoms with Crippen molar-refractivity contribution in [2.24, 2.45) is 5.73 Å². The molecule has 4 atom stereocenters. The van der Waals surface area contributed by atoms with Gasteiger partial charge in [-0.2, -0.15) is 0 Å². The van der Waals surface area contributed by atoms with E-state index in [-0.39, 0.29) is 33.4 Å². The number of hydrogen-bond acceptors (Lipinski definition) is 11. The fourth-order valence-corrected chi connectivity index (χ4v) is 5.70. The summed E-state index contributed by atoms with van der Waals surface area (Å²) in [6.07, 6.45) is -6.25. The number of hydrogen-bond donors (Lipinski definition) is 3. The minimum Gasteiger partial charge on any atom is -0.505 e. The van der Waals surface area contributed by atoms with Crippen LogP contribution in [0.1, 0.15) is 51.3 Å². The van der Waals surface area contributed by atoms with Crippen LogP contribution in [-0.4, -0.2) is 65.4 Å². The lowest BCUT2D eigenvalue weighted by molar-refractivity contribution is -0.304. The first-order valence-corrected chi connectivity index (χ1v) is 15.0. The number of aryl methyl sites for hydroxylation is 3. The fraction of sp³-hybridized carbons (Fsp3) is 0.314. The highest BCUT2D eigenvalue weighted by Crippen LogP contribution is 2.40. The molecule has 1 aliphatic rings. The van der Waals surface area contributed by atoms with E-state index in [9.17, 15) is 29.4 Å². The molecular weight excluding hydrogens is 624 g/mol. The van der Waals surface area contributed by atoms with Crippen molar-refractivity contribution >= 4 is 34.6 Å². The lowest BCUT2D eigenvalue weighted by Gasteiger charge is -2.47. The minimum atomic E-state index is -1.55. The Kier molecular flexibility index (Phi) is 9.31. The van der Waals surface area contributed by atoms with Gasteiger partial charge in [0.2, 0.25) is 6.29 Å². The molecule has 0 bridgehead atoms. The van der Waals surface area contributed by atoms with Crippen LogP contribution in [0, 0.1) is 20.8 Å². The van der Waals surface area contributed by atoms with Gasteiger partial charge >= 0.3 is 11.7 Å². The Hall–Kier alpha value is -5.24. The third-order valence-electron chi connectivity index (χ3n) is 8.22. The molecular formula is C35H36N2O11. The van der Waals surface area contributed by atoms with Crippen LogP contribution in [0.2, 0.25) is 0 Å². The van der Waals surface area contributed by atoms with Crippen molar-refractivity contribution in [3.8, 4) is 11.5 Å². The maximum atomic E-state index is 13.9. The van der Waals surface area contributed by atoms with Crippen molar-refractivity contribution in [2.45, 2.75) is 64.8 Å². The number of carbonyl (C=O) groups is 3. The summed E-state index contributed by atoms with van der Waals surface area (Å²) in [5.41, 5.74) is 4.30. The second-order valence-corrected chi connectivity index (χ2v) is 12.1. The Bertz CT molecular complexity index is 1880. The van der Waals surface area contributed by atoms with Gasteiger partial charge in [0.1, 0.15) is 17.4 Å². The van der Waals surface area contributed by atoms with Gasteiger partial charge in [-0.05, 0) is 71.0 Å². The summed E-state index contributed by atoms with van der Waals surface area (Å²) >= 11 is 0. The van der Waals surface area contributed by atoms with Crippen LogP contribution in [0.25, 0.3) is 11.0 Å². The first-order valence-electron chi connectivity index (χ1n) is 15.0. The predicted octanol–water partition coefficient (Wildman–Crippen LogP) is 4.26. The Balaban J connectivity index is 1.58. The first-order chi connectivity index (χ1) is 22.6. The highest BCUT2D eigenvalue weighted by Gasteiger charge is 2.53. The van der Waals surface area contributed by atoms with Crippen LogP contribution in [0.15, 0.2) is 69.9 Å². The molecule has 1 fully saturated rings. The molecule has 0 aliphatic carbocycles. The van der Waals surface area contributed by atoms with Crippen molar-refractivity contribution in [3.05, 3.63) is 98.9 Å². The van der Waals surface area contributed by atoms with E-state index in [0.29, 0.717) is 4.90 Å². The largest absolute Gasteiger partial charge is 0.505 e. The first kappa shape index (κ1) is 34.1. The average molecular weight is 661 g/mol. The molecule has 4 N–H and O–H groups in total. The lowest BCUT2D eigenvalue weighted by Crippen LogP contribution is -2.65. The molecule has 2 heterocycles. The molecule has 252 valence electrons. The number of aromatic hydroxyl groups is 1. The number of imide groups is 1. The van der Waals surface area contributed by atoms with Crippen LogP contribution in [-0.2, 0) is 14.2 Å². The standard InChI is InChI=1S/C35H36N2O11/c1-17-7-11-20(12-8-17)30(40)37(31(41)21-13-9-18(2)10-14-21)24-25(38)22-15-16-23(19(3)27(22)46-32(24)42)45-33-26(39)28(47-34(36)43)29(44-6)35(4,5)48-33/h7-16,26,28-29,33,38-39H,1-6H3,(H2,36,43)/t26-,28+,29+,33-/m1/s1. The number of nitrogens with zero attached hydrogens (tertiary/aromatic N) is 1. The molecule has 1 aromatic heterocycles. The summed E-state index contributed by atoms with van der Waals surface area (Å²) in [6.45, 7) is 8.49. The summed E-state index contributed by atoms with van der Waals surface area (Å²) in [6, 6.07) is 15.6. The van der Waals surface area contributed by atoms with E-state index >= 15 is 0 Å². The van der Waals surface area contributed by atoms with Gasteiger partial charge in [0.25, 0.3) is 11.8 Å². The van der Waals surface area contributed by atoms with Crippen molar-refractivity contribution < 1.29 is 48.0 Å². The third-order valence-corrected chi connectivity index (χ3v) is 8.22. The molecule has 3 aromatic carbocycles. The SMILES string of the molecule is CO[C@H]1[C@@H](OC(N)=O)[C@@H](O)[C@H](Oc2ccc3c(O)c(N(C(=O)c4ccc(C)cc4)C(=O)c4ccc(C)cc4)c(=O)oc3c2C)OC1(C)C. The fourth-order valence-electron chi connectivity index (χ4n) is 5.70. The molecule has 5 rings (SSSR count). The number of carbonyl (C=O) groups excluding carboxylic acids is 3. The van der Waals surface area contributed by atoms with E-state index in [0.717, 1.165) is 11.1 Å². The van der Waals surface area contributed by atoms with Gasteiger partial charge in [-0.15, -0.1) is 0 Å². The maximum Gasteiger partial charge on any atom is 0.404 e. The van der Waals surface area contributed by atoms with Crippen molar-refractivity contribution in [2.75, 3.05) is 12.0 Å². The molecule has 0 spiro atoms. The highest BCUT2D eigenvalue weighted by atomic mass is 16.7. The molecule has 0 radical (unpaired) electrons. The monoisotopic (exact) mass is 660 g/mol. The third kappa shape index (κ3) is 6.35. The highest BCUT2D eigenvalue weighted by molar-refractivity contribution is 6.26. The smallest absolute Gasteiger partial charge is 0.404 e. The van der Waals surface area contributed by atoms with Crippen LogP contribution < -0.4 is 21.0 Å². The average Bonchev–Trinajstić information content (AvgIpc) is 3.03. The summed E-state index contributed by atoms with van der Waals surface area (Å²) < 4.78 is 28.2. The number of primary amides is 1. The second-order valence-electron chi connectivity index (χ2n) is 12.1. The Morgan fingerprint density at radius 3 is 1.94 bits per heavy atom. The summed E-state index contributed by atoms with van der Waals surface area (Å²) in [5.74, 6) is -2.31. The lowest BCUT2D eigenvalue weighted by atomic mass is 9.89. The molecule has 3 amide bonds. The van der Waals surface area contributed by atoms with Gasteiger partial charge in [-0.3, -0.25) is 9.59 Å². The predicted molar refractivity (Wildman–Crippen MR) is 173 cm³/mol. The van der Waals surface area contributed by atoms with Gasteiger partial charge in [0.15, 0.2) is 23.6 Å². The number of benzene rings is 3. The Morgan fingerprint density at radius 2 is 1.44 bits per heavy atom. The normalized spacial score (nSPS) is 20.2. The molecule has 0 unspecified atom stereocenters. The van der Waals surface area contributed by atoms with Crippen LogP contribution >= 0.6 is 0 Å². The number of methoxy groups -OCH3 is 1. The molecule has 4 aromatic rings. The quantitative estimate of drug-likeness (QED) is 0.190. The number of nitrogens with two attached hydrogens (primary N) is 1. The number of rotatable bonds is 7. The van der Waals surface area contributed by atoms with Crippen LogP contribution in [0.5, 0.6) is 11.5 Å². The minimum absolute atomic E-state index is 0.00677. The van der Waals surface area contributed by atoms with Gasteiger partial charge in [0, 0.05) is 23.8 Å². The van der Waals surface area contributed by atoms with Crippen LogP contribution in [0.4, 0.5) is 10.5 Å². The van der Waals surface area contributed by atoms with Crippen LogP contribution in [0.3, 0.4) is 0 Å². The second kappa shape index (κ2) is 13.1. The Morgan fingerprint density at radius 1 is 0.896 bits per heavy atom. The number of aliphatic hydroxyl groups is 1. The van der Waals surface area contributed by atoms with E-state index in [2.05, 4.69) is 0 Å². The number of aliphatic hydroxyl groups excluding tert-OH is 1. The zero-order chi connectivity index (χ0) is 35.1. The molecule has 13 heteroatoms. The van der Waals surface area contributed by atoms with E-state index in [4.69, 9.17) is 29.1 Å². The molecule has 48 heavy (non-hydrogen) atoms. The molecule has 0 saturated carbocycles. The van der Waals surface area contributed by atoms with Crippen molar-refractivity contribution in [1.82, 2.24) is 0 Å². The van der Waals surface area contributed by atoms with Gasteiger partial charge in [-0.25, -0.2) is 14.5 Å². The summed E-state index contributed by atoms with van der Waals surface area (Å²) in [5, 5.41) is 22.5. The van der Waals surface area contributed by atoms with E-state index in [1.54, 1.807) is 38.1 Å². The van der Waals surface area contributed by atoms with Gasteiger partial charge < -0.3 is 39.3 Å². The number of ether oxygens (including phenoxy) is 4. The van der Waals surface area contributed by atoms with E-state index in [1.807, 2.05) is 13.8 Å². The molecule has 1 aliphatic heterocycles. The summed E-state index contributed by atoms with van der Waals surface area (Å²) in [7, 11) is 1.36. The summed E-state index contributed by atoms with van der Waals surface area (Å²) in [4.78, 5) is 53.5. The molecule has 13 nitrogen and oxygen atoms in total.